The fourth-order valence-electron chi connectivity index (χ4n) is 4.46. The third kappa shape index (κ3) is 4.12. The molecule has 1 saturated heterocycles. The van der Waals surface area contributed by atoms with Crippen molar-refractivity contribution < 1.29 is 0 Å². The van der Waals surface area contributed by atoms with Gasteiger partial charge in [0.1, 0.15) is 5.02 Å². The number of imidazole rings is 1. The van der Waals surface area contributed by atoms with Crippen LogP contribution in [0.1, 0.15) is 24.4 Å². The van der Waals surface area contributed by atoms with E-state index in [0.29, 0.717) is 18.2 Å². The smallest absolute Gasteiger partial charge is 0.295 e. The molecule has 1 aliphatic rings. The second-order valence-electron chi connectivity index (χ2n) is 8.21. The Labute approximate surface area is 201 Å². The number of hydrogen-bond donors (Lipinski definition) is 1. The van der Waals surface area contributed by atoms with Gasteiger partial charge in [0.25, 0.3) is 5.56 Å². The molecule has 0 radical (unpaired) electrons. The van der Waals surface area contributed by atoms with Crippen molar-refractivity contribution in [2.45, 2.75) is 18.9 Å². The third-order valence-corrected chi connectivity index (χ3v) is 6.91. The minimum absolute atomic E-state index is 0.0690. The molecule has 1 aliphatic heterocycles. The molecule has 4 aromatic rings. The van der Waals surface area contributed by atoms with Crippen molar-refractivity contribution >= 4 is 39.9 Å². The summed E-state index contributed by atoms with van der Waals surface area (Å²) < 4.78 is 3.06. The second-order valence-corrected chi connectivity index (χ2v) is 9.00. The molecule has 2 aromatic heterocycles. The Kier molecular flexibility index (Phi) is 6.10. The number of aryl methyl sites for hydroxylation is 1. The summed E-state index contributed by atoms with van der Waals surface area (Å²) in [6.07, 6.45) is 3.91. The number of aromatic nitrogens is 4. The van der Waals surface area contributed by atoms with Gasteiger partial charge >= 0.3 is 0 Å². The summed E-state index contributed by atoms with van der Waals surface area (Å²) in [6, 6.07) is 15.6. The zero-order valence-electron chi connectivity index (χ0n) is 18.2. The number of nitrogens with zero attached hydrogens (tertiary/aromatic N) is 5. The first-order valence-corrected chi connectivity index (χ1v) is 11.7. The lowest BCUT2D eigenvalue weighted by Gasteiger charge is -2.29. The lowest BCUT2D eigenvalue weighted by atomic mass is 10.1. The van der Waals surface area contributed by atoms with E-state index in [2.05, 4.69) is 26.4 Å². The van der Waals surface area contributed by atoms with Crippen LogP contribution in [-0.4, -0.2) is 43.9 Å². The van der Waals surface area contributed by atoms with Crippen molar-refractivity contribution in [1.29, 1.82) is 0 Å². The predicted octanol–water partition coefficient (Wildman–Crippen LogP) is 4.68. The van der Waals surface area contributed by atoms with Gasteiger partial charge in [-0.1, -0.05) is 53.5 Å². The minimum atomic E-state index is -0.421. The summed E-state index contributed by atoms with van der Waals surface area (Å²) in [7, 11) is 1.85. The van der Waals surface area contributed by atoms with Crippen LogP contribution in [0.15, 0.2) is 59.5 Å². The highest BCUT2D eigenvalue weighted by molar-refractivity contribution is 6.33. The molecule has 170 valence electrons. The first-order valence-electron chi connectivity index (χ1n) is 11.0. The molecule has 0 aliphatic carbocycles. The molecule has 9 heteroatoms. The quantitative estimate of drug-likeness (QED) is 0.432. The van der Waals surface area contributed by atoms with Crippen LogP contribution in [-0.2, 0) is 7.05 Å². The van der Waals surface area contributed by atoms with E-state index in [-0.39, 0.29) is 11.1 Å². The van der Waals surface area contributed by atoms with Crippen molar-refractivity contribution in [3.05, 3.63) is 80.7 Å². The Morgan fingerprint density at radius 1 is 1.06 bits per heavy atom. The SMILES string of the molecule is Cn1c(-n2ncc(NC[C@H](c3ccccc3Cl)N3CCCC3)c(Cl)c2=O)nc2ccccc21. The molecule has 3 heterocycles. The third-order valence-electron chi connectivity index (χ3n) is 6.20. The van der Waals surface area contributed by atoms with E-state index in [4.69, 9.17) is 23.2 Å². The molecule has 2 aromatic carbocycles. The largest absolute Gasteiger partial charge is 0.380 e. The molecule has 7 nitrogen and oxygen atoms in total. The van der Waals surface area contributed by atoms with Gasteiger partial charge in [-0.3, -0.25) is 9.69 Å². The molecule has 0 amide bonds. The molecule has 0 saturated carbocycles. The lowest BCUT2D eigenvalue weighted by molar-refractivity contribution is 0.256. The molecular formula is C24H24Cl2N6O. The zero-order chi connectivity index (χ0) is 22.9. The van der Waals surface area contributed by atoms with E-state index >= 15 is 0 Å². The van der Waals surface area contributed by atoms with Crippen LogP contribution in [0.25, 0.3) is 17.0 Å². The van der Waals surface area contributed by atoms with Crippen LogP contribution in [0.3, 0.4) is 0 Å². The van der Waals surface area contributed by atoms with Gasteiger partial charge in [0.15, 0.2) is 0 Å². The van der Waals surface area contributed by atoms with Gasteiger partial charge in [-0.05, 0) is 49.7 Å². The standard InChI is InChI=1S/C24H24Cl2N6O/c1-30-20-11-5-4-10-18(20)29-24(30)32-23(33)22(26)19(14-28-32)27-15-21(31-12-6-7-13-31)16-8-2-3-9-17(16)25/h2-5,8-11,14,21,27H,6-7,12-13,15H2,1H3/t21-/m1/s1. The van der Waals surface area contributed by atoms with Crippen molar-refractivity contribution in [2.75, 3.05) is 25.0 Å². The molecule has 5 rings (SSSR count). The van der Waals surface area contributed by atoms with E-state index in [1.54, 1.807) is 6.20 Å². The minimum Gasteiger partial charge on any atom is -0.380 e. The summed E-state index contributed by atoms with van der Waals surface area (Å²) >= 11 is 13.0. The number of anilines is 1. The maximum absolute atomic E-state index is 13.1. The maximum Gasteiger partial charge on any atom is 0.295 e. The van der Waals surface area contributed by atoms with E-state index in [1.807, 2.05) is 54.1 Å². The van der Waals surface area contributed by atoms with Crippen LogP contribution < -0.4 is 10.9 Å². The Morgan fingerprint density at radius 2 is 1.79 bits per heavy atom. The van der Waals surface area contributed by atoms with Gasteiger partial charge in [0.2, 0.25) is 5.95 Å². The topological polar surface area (TPSA) is 68.0 Å². The van der Waals surface area contributed by atoms with E-state index in [0.717, 1.165) is 47.6 Å². The zero-order valence-corrected chi connectivity index (χ0v) is 19.7. The molecule has 0 spiro atoms. The Hall–Kier alpha value is -2.87. The van der Waals surface area contributed by atoms with E-state index < -0.39 is 5.56 Å². The first-order chi connectivity index (χ1) is 16.0. The molecular weight excluding hydrogens is 459 g/mol. The Bertz CT molecular complexity index is 1360. The maximum atomic E-state index is 13.1. The highest BCUT2D eigenvalue weighted by atomic mass is 35.5. The summed E-state index contributed by atoms with van der Waals surface area (Å²) in [5, 5.41) is 8.52. The van der Waals surface area contributed by atoms with Gasteiger partial charge in [0.05, 0.1) is 29.0 Å². The number of rotatable bonds is 6. The van der Waals surface area contributed by atoms with Crippen LogP contribution in [0.5, 0.6) is 0 Å². The first kappa shape index (κ1) is 21.9. The normalized spacial score (nSPS) is 15.2. The van der Waals surface area contributed by atoms with E-state index in [1.165, 1.54) is 4.68 Å². The summed E-state index contributed by atoms with van der Waals surface area (Å²) in [6.45, 7) is 2.58. The van der Waals surface area contributed by atoms with E-state index in [9.17, 15) is 4.79 Å². The molecule has 1 atom stereocenters. The summed E-state index contributed by atoms with van der Waals surface area (Å²) in [5.74, 6) is 0.417. The number of hydrogen-bond acceptors (Lipinski definition) is 5. The van der Waals surface area contributed by atoms with Crippen molar-refractivity contribution in [2.24, 2.45) is 7.05 Å². The number of halogens is 2. The monoisotopic (exact) mass is 482 g/mol. The van der Waals surface area contributed by atoms with Gasteiger partial charge in [-0.25, -0.2) is 4.98 Å². The molecule has 0 bridgehead atoms. The Morgan fingerprint density at radius 3 is 2.55 bits per heavy atom. The molecule has 1 fully saturated rings. The highest BCUT2D eigenvalue weighted by Gasteiger charge is 2.25. The molecule has 1 N–H and O–H groups in total. The number of benzene rings is 2. The Balaban J connectivity index is 1.44. The molecule has 33 heavy (non-hydrogen) atoms. The van der Waals surface area contributed by atoms with Crippen molar-refractivity contribution in [1.82, 2.24) is 24.2 Å². The van der Waals surface area contributed by atoms with Crippen LogP contribution in [0.2, 0.25) is 10.0 Å². The van der Waals surface area contributed by atoms with Crippen molar-refractivity contribution in [3.8, 4) is 5.95 Å². The number of likely N-dealkylation sites (tertiary alicyclic amines) is 1. The second kappa shape index (κ2) is 9.17. The average Bonchev–Trinajstić information content (AvgIpc) is 3.47. The highest BCUT2D eigenvalue weighted by Crippen LogP contribution is 2.31. The summed E-state index contributed by atoms with van der Waals surface area (Å²) in [5.41, 5.74) is 2.83. The average molecular weight is 483 g/mol. The van der Waals surface area contributed by atoms with Crippen LogP contribution in [0.4, 0.5) is 5.69 Å². The summed E-state index contributed by atoms with van der Waals surface area (Å²) in [4.78, 5) is 20.1. The van der Waals surface area contributed by atoms with Crippen LogP contribution >= 0.6 is 23.2 Å². The van der Waals surface area contributed by atoms with Gasteiger partial charge in [0, 0.05) is 18.6 Å². The van der Waals surface area contributed by atoms with Gasteiger partial charge in [-0.2, -0.15) is 9.78 Å². The number of nitrogens with one attached hydrogen (secondary N) is 1. The fraction of sp³-hybridized carbons (Fsp3) is 0.292. The molecule has 0 unspecified atom stereocenters. The number of para-hydroxylation sites is 2. The van der Waals surface area contributed by atoms with Crippen LogP contribution in [0, 0.1) is 0 Å². The predicted molar refractivity (Wildman–Crippen MR) is 133 cm³/mol. The number of fused-ring (bicyclic) bond motifs is 1. The van der Waals surface area contributed by atoms with Gasteiger partial charge < -0.3 is 9.88 Å². The fourth-order valence-corrected chi connectivity index (χ4v) is 4.92. The lowest BCUT2D eigenvalue weighted by Crippen LogP contribution is -2.32. The van der Waals surface area contributed by atoms with Crippen molar-refractivity contribution in [3.63, 3.8) is 0 Å². The van der Waals surface area contributed by atoms with Gasteiger partial charge in [-0.15, -0.1) is 0 Å².